The van der Waals surface area contributed by atoms with Crippen molar-refractivity contribution in [3.63, 3.8) is 0 Å². The van der Waals surface area contributed by atoms with Crippen molar-refractivity contribution in [2.75, 3.05) is 20.8 Å². The van der Waals surface area contributed by atoms with Gasteiger partial charge in [-0.05, 0) is 35.8 Å². The van der Waals surface area contributed by atoms with E-state index in [0.29, 0.717) is 16.0 Å². The van der Waals surface area contributed by atoms with Crippen molar-refractivity contribution in [1.82, 2.24) is 4.72 Å². The number of halogens is 1. The predicted octanol–water partition coefficient (Wildman–Crippen LogP) is 1.48. The van der Waals surface area contributed by atoms with Crippen LogP contribution in [0, 0.1) is 0 Å². The summed E-state index contributed by atoms with van der Waals surface area (Å²) in [6, 6.07) is 2.95. The predicted molar refractivity (Wildman–Crippen MR) is 80.7 cm³/mol. The van der Waals surface area contributed by atoms with Crippen LogP contribution >= 0.6 is 15.9 Å². The number of hydrogen-bond donors (Lipinski definition) is 2. The lowest BCUT2D eigenvalue weighted by molar-refractivity contribution is 0.353. The van der Waals surface area contributed by atoms with Gasteiger partial charge in [-0.25, -0.2) is 13.1 Å². The van der Waals surface area contributed by atoms with Gasteiger partial charge in [0, 0.05) is 22.6 Å². The molecule has 0 bridgehead atoms. The molecule has 0 unspecified atom stereocenters. The third-order valence-corrected chi connectivity index (χ3v) is 5.31. The highest BCUT2D eigenvalue weighted by atomic mass is 79.9. The smallest absolute Gasteiger partial charge is 0.242 e. The maximum Gasteiger partial charge on any atom is 0.242 e. The van der Waals surface area contributed by atoms with E-state index in [9.17, 15) is 8.42 Å². The van der Waals surface area contributed by atoms with E-state index in [4.69, 9.17) is 15.2 Å². The average Bonchev–Trinajstić information content (AvgIpc) is 2.36. The van der Waals surface area contributed by atoms with Crippen LogP contribution < -0.4 is 19.9 Å². The van der Waals surface area contributed by atoms with Crippen LogP contribution in [0.4, 0.5) is 0 Å². The van der Waals surface area contributed by atoms with Gasteiger partial charge in [-0.2, -0.15) is 0 Å². The van der Waals surface area contributed by atoms with E-state index in [1.165, 1.54) is 20.3 Å². The number of benzene rings is 1. The van der Waals surface area contributed by atoms with Crippen molar-refractivity contribution in [3.05, 3.63) is 16.6 Å². The Labute approximate surface area is 127 Å². The Morgan fingerprint density at radius 2 is 1.75 bits per heavy atom. The van der Waals surface area contributed by atoms with Gasteiger partial charge in [0.2, 0.25) is 10.0 Å². The maximum atomic E-state index is 12.4. The first kappa shape index (κ1) is 17.2. The summed E-state index contributed by atoms with van der Waals surface area (Å²) in [4.78, 5) is 0.0664. The average molecular weight is 367 g/mol. The van der Waals surface area contributed by atoms with Crippen molar-refractivity contribution in [2.24, 2.45) is 5.73 Å². The van der Waals surface area contributed by atoms with Gasteiger partial charge in [-0.15, -0.1) is 0 Å². The van der Waals surface area contributed by atoms with Crippen molar-refractivity contribution < 1.29 is 17.9 Å². The molecule has 0 fully saturated rings. The van der Waals surface area contributed by atoms with E-state index in [1.54, 1.807) is 19.9 Å². The standard InChI is InChI=1S/C12H19BrN2O4S/c1-12(2,7-14)15-20(16,17)11-6-10(19-4)9(18-3)5-8(11)13/h5-6,15H,7,14H2,1-4H3. The molecule has 0 radical (unpaired) electrons. The first-order chi connectivity index (χ1) is 9.16. The molecule has 0 aromatic heterocycles. The lowest BCUT2D eigenvalue weighted by Crippen LogP contribution is -2.48. The maximum absolute atomic E-state index is 12.4. The molecule has 0 amide bonds. The summed E-state index contributed by atoms with van der Waals surface area (Å²) in [5.41, 5.74) is 4.80. The van der Waals surface area contributed by atoms with Crippen molar-refractivity contribution in [2.45, 2.75) is 24.3 Å². The third kappa shape index (κ3) is 3.85. The number of rotatable bonds is 6. The zero-order valence-corrected chi connectivity index (χ0v) is 14.3. The van der Waals surface area contributed by atoms with Crippen molar-refractivity contribution in [3.8, 4) is 11.5 Å². The number of sulfonamides is 1. The van der Waals surface area contributed by atoms with Gasteiger partial charge in [-0.1, -0.05) is 0 Å². The summed E-state index contributed by atoms with van der Waals surface area (Å²) in [6.07, 6.45) is 0. The van der Waals surface area contributed by atoms with Crippen LogP contribution in [0.15, 0.2) is 21.5 Å². The lowest BCUT2D eigenvalue weighted by atomic mass is 10.1. The fraction of sp³-hybridized carbons (Fsp3) is 0.500. The molecule has 20 heavy (non-hydrogen) atoms. The van der Waals surface area contributed by atoms with E-state index in [1.807, 2.05) is 0 Å². The molecule has 3 N–H and O–H groups in total. The molecule has 6 nitrogen and oxygen atoms in total. The Morgan fingerprint density at radius 1 is 1.25 bits per heavy atom. The second kappa shape index (κ2) is 6.30. The van der Waals surface area contributed by atoms with Gasteiger partial charge in [0.15, 0.2) is 11.5 Å². The van der Waals surface area contributed by atoms with Crippen LogP contribution in [0.3, 0.4) is 0 Å². The zero-order chi connectivity index (χ0) is 15.6. The van der Waals surface area contributed by atoms with Crippen LogP contribution in [0.5, 0.6) is 11.5 Å². The van der Waals surface area contributed by atoms with Crippen molar-refractivity contribution >= 4 is 26.0 Å². The van der Waals surface area contributed by atoms with Gasteiger partial charge < -0.3 is 15.2 Å². The molecule has 1 aromatic rings. The van der Waals surface area contributed by atoms with Gasteiger partial charge in [0.25, 0.3) is 0 Å². The summed E-state index contributed by atoms with van der Waals surface area (Å²) in [7, 11) is -0.806. The zero-order valence-electron chi connectivity index (χ0n) is 11.9. The molecule has 0 aliphatic heterocycles. The number of ether oxygens (including phenoxy) is 2. The van der Waals surface area contributed by atoms with E-state index >= 15 is 0 Å². The van der Waals surface area contributed by atoms with Crippen LogP contribution in [0.2, 0.25) is 0 Å². The molecule has 0 aliphatic rings. The van der Waals surface area contributed by atoms with Crippen LogP contribution in [-0.2, 0) is 10.0 Å². The largest absolute Gasteiger partial charge is 0.493 e. The van der Waals surface area contributed by atoms with Crippen molar-refractivity contribution in [1.29, 1.82) is 0 Å². The SMILES string of the molecule is COc1cc(Br)c(S(=O)(=O)NC(C)(C)CN)cc1OC. The minimum atomic E-state index is -3.73. The van der Waals surface area contributed by atoms with Gasteiger partial charge >= 0.3 is 0 Å². The van der Waals surface area contributed by atoms with E-state index < -0.39 is 15.6 Å². The fourth-order valence-corrected chi connectivity index (χ4v) is 3.96. The summed E-state index contributed by atoms with van der Waals surface area (Å²) in [5.74, 6) is 0.776. The van der Waals surface area contributed by atoms with E-state index in [0.717, 1.165) is 0 Å². The molecule has 0 heterocycles. The monoisotopic (exact) mass is 366 g/mol. The molecular formula is C12H19BrN2O4S. The second-order valence-corrected chi connectivity index (χ2v) is 7.34. The van der Waals surface area contributed by atoms with Crippen LogP contribution in [-0.4, -0.2) is 34.7 Å². The quantitative estimate of drug-likeness (QED) is 0.795. The Hall–Kier alpha value is -0.830. The van der Waals surface area contributed by atoms with Gasteiger partial charge in [-0.3, -0.25) is 0 Å². The number of hydrogen-bond acceptors (Lipinski definition) is 5. The molecule has 8 heteroatoms. The molecule has 0 saturated heterocycles. The van der Waals surface area contributed by atoms with E-state index in [-0.39, 0.29) is 11.4 Å². The highest BCUT2D eigenvalue weighted by molar-refractivity contribution is 9.10. The molecule has 0 aliphatic carbocycles. The third-order valence-electron chi connectivity index (χ3n) is 2.65. The molecular weight excluding hydrogens is 348 g/mol. The van der Waals surface area contributed by atoms with Crippen LogP contribution in [0.25, 0.3) is 0 Å². The van der Waals surface area contributed by atoms with E-state index in [2.05, 4.69) is 20.7 Å². The van der Waals surface area contributed by atoms with Gasteiger partial charge in [0.05, 0.1) is 14.2 Å². The number of nitrogens with two attached hydrogens (primary N) is 1. The molecule has 1 aromatic carbocycles. The summed E-state index contributed by atoms with van der Waals surface area (Å²) < 4.78 is 38.0. The molecule has 114 valence electrons. The lowest BCUT2D eigenvalue weighted by Gasteiger charge is -2.24. The highest BCUT2D eigenvalue weighted by Crippen LogP contribution is 2.35. The fourth-order valence-electron chi connectivity index (χ4n) is 1.50. The minimum absolute atomic E-state index is 0.0664. The minimum Gasteiger partial charge on any atom is -0.493 e. The normalized spacial score (nSPS) is 12.3. The Balaban J connectivity index is 3.32. The molecule has 0 spiro atoms. The summed E-state index contributed by atoms with van der Waals surface area (Å²) in [6.45, 7) is 3.59. The summed E-state index contributed by atoms with van der Waals surface area (Å²) >= 11 is 3.23. The second-order valence-electron chi connectivity index (χ2n) is 4.83. The Kier molecular flexibility index (Phi) is 5.42. The van der Waals surface area contributed by atoms with Gasteiger partial charge in [0.1, 0.15) is 4.90 Å². The Bertz CT molecular complexity index is 587. The van der Waals surface area contributed by atoms with Crippen LogP contribution in [0.1, 0.15) is 13.8 Å². The first-order valence-corrected chi connectivity index (χ1v) is 8.10. The molecule has 1 rings (SSSR count). The summed E-state index contributed by atoms with van der Waals surface area (Å²) in [5, 5.41) is 0. The highest BCUT2D eigenvalue weighted by Gasteiger charge is 2.27. The molecule has 0 saturated carbocycles. The number of nitrogens with one attached hydrogen (secondary N) is 1. The number of methoxy groups -OCH3 is 2. The topological polar surface area (TPSA) is 90.7 Å². The molecule has 0 atom stereocenters. The first-order valence-electron chi connectivity index (χ1n) is 5.82. The Morgan fingerprint density at radius 3 is 2.20 bits per heavy atom.